The minimum absolute atomic E-state index is 0.244. The molecular weight excluding hydrogens is 338 g/mol. The molecule has 6 nitrogen and oxygen atoms in total. The lowest BCUT2D eigenvalue weighted by Crippen LogP contribution is -2.12. The molecule has 126 valence electrons. The number of carbonyl (C=O) groups excluding carboxylic acids is 1. The molecule has 0 aliphatic heterocycles. The number of rotatable bonds is 4. The zero-order valence-electron chi connectivity index (χ0n) is 13.7. The lowest BCUT2D eigenvalue weighted by molar-refractivity contribution is 0.102. The smallest absolute Gasteiger partial charge is 0.255 e. The maximum Gasteiger partial charge on any atom is 0.255 e. The molecule has 0 radical (unpaired) electrons. The van der Waals surface area contributed by atoms with E-state index >= 15 is 0 Å². The topological polar surface area (TPSA) is 79.8 Å². The lowest BCUT2D eigenvalue weighted by atomic mass is 10.2. The van der Waals surface area contributed by atoms with Crippen molar-refractivity contribution in [3.63, 3.8) is 0 Å². The third-order valence-electron chi connectivity index (χ3n) is 3.37. The Bertz CT molecular complexity index is 909. The van der Waals surface area contributed by atoms with Gasteiger partial charge in [0.15, 0.2) is 5.15 Å². The molecule has 1 aromatic carbocycles. The Morgan fingerprint density at radius 2 is 1.80 bits per heavy atom. The molecule has 3 aromatic rings. The first-order valence-corrected chi connectivity index (χ1v) is 8.00. The highest BCUT2D eigenvalue weighted by molar-refractivity contribution is 6.32. The van der Waals surface area contributed by atoms with Crippen LogP contribution in [-0.4, -0.2) is 20.9 Å². The van der Waals surface area contributed by atoms with Gasteiger partial charge in [-0.1, -0.05) is 17.7 Å². The highest BCUT2D eigenvalue weighted by atomic mass is 35.5. The summed E-state index contributed by atoms with van der Waals surface area (Å²) in [5.74, 6) is 0.213. The van der Waals surface area contributed by atoms with E-state index in [0.29, 0.717) is 17.2 Å². The number of amides is 1. The molecule has 0 saturated carbocycles. The fraction of sp³-hybridized carbons (Fsp3) is 0.111. The van der Waals surface area contributed by atoms with Crippen LogP contribution in [0.1, 0.15) is 21.7 Å². The third-order valence-corrected chi connectivity index (χ3v) is 3.67. The van der Waals surface area contributed by atoms with Crippen LogP contribution in [0.4, 0.5) is 17.3 Å². The number of nitrogens with one attached hydrogen (secondary N) is 2. The number of hydrogen-bond acceptors (Lipinski definition) is 5. The van der Waals surface area contributed by atoms with Gasteiger partial charge in [-0.3, -0.25) is 4.79 Å². The molecule has 2 aromatic heterocycles. The minimum Gasteiger partial charge on any atom is -0.324 e. The first-order chi connectivity index (χ1) is 12.0. The van der Waals surface area contributed by atoms with Gasteiger partial charge in [-0.2, -0.15) is 0 Å². The van der Waals surface area contributed by atoms with E-state index in [9.17, 15) is 4.79 Å². The van der Waals surface area contributed by atoms with Crippen LogP contribution < -0.4 is 10.6 Å². The SMILES string of the molecule is Cc1cc(C)nc(Nc2cccc(C(=O)Nc3cccnc3Cl)c2)n1. The van der Waals surface area contributed by atoms with Crippen molar-refractivity contribution in [2.24, 2.45) is 0 Å². The monoisotopic (exact) mass is 353 g/mol. The van der Waals surface area contributed by atoms with Crippen LogP contribution in [0.15, 0.2) is 48.7 Å². The summed E-state index contributed by atoms with van der Waals surface area (Å²) in [5.41, 5.74) is 3.40. The fourth-order valence-corrected chi connectivity index (χ4v) is 2.49. The number of pyridine rings is 1. The summed E-state index contributed by atoms with van der Waals surface area (Å²) >= 11 is 5.97. The van der Waals surface area contributed by atoms with Crippen molar-refractivity contribution >= 4 is 34.8 Å². The Balaban J connectivity index is 1.79. The summed E-state index contributed by atoms with van der Waals surface area (Å²) < 4.78 is 0. The van der Waals surface area contributed by atoms with E-state index < -0.39 is 0 Å². The largest absolute Gasteiger partial charge is 0.324 e. The molecule has 2 heterocycles. The van der Waals surface area contributed by atoms with Crippen LogP contribution in [-0.2, 0) is 0 Å². The standard InChI is InChI=1S/C18H16ClN5O/c1-11-9-12(2)22-18(21-11)23-14-6-3-5-13(10-14)17(25)24-15-7-4-8-20-16(15)19/h3-10H,1-2H3,(H,24,25)(H,21,22,23). The van der Waals surface area contributed by atoms with Gasteiger partial charge in [-0.05, 0) is 50.2 Å². The number of benzene rings is 1. The van der Waals surface area contributed by atoms with Gasteiger partial charge in [-0.25, -0.2) is 15.0 Å². The van der Waals surface area contributed by atoms with Gasteiger partial charge in [0, 0.05) is 28.8 Å². The molecule has 0 spiro atoms. The van der Waals surface area contributed by atoms with E-state index in [0.717, 1.165) is 17.1 Å². The predicted octanol–water partition coefficient (Wildman–Crippen LogP) is 4.14. The van der Waals surface area contributed by atoms with Crippen molar-refractivity contribution < 1.29 is 4.79 Å². The van der Waals surface area contributed by atoms with Gasteiger partial charge in [0.25, 0.3) is 5.91 Å². The number of hydrogen-bond donors (Lipinski definition) is 2. The zero-order chi connectivity index (χ0) is 17.8. The van der Waals surface area contributed by atoms with Crippen molar-refractivity contribution in [1.82, 2.24) is 15.0 Å². The molecule has 0 saturated heterocycles. The molecule has 0 fully saturated rings. The summed E-state index contributed by atoms with van der Waals surface area (Å²) in [5, 5.41) is 6.10. The van der Waals surface area contributed by atoms with Crippen LogP contribution in [0.3, 0.4) is 0 Å². The predicted molar refractivity (Wildman–Crippen MR) is 98.4 cm³/mol. The fourth-order valence-electron chi connectivity index (χ4n) is 2.32. The molecule has 7 heteroatoms. The van der Waals surface area contributed by atoms with Crippen LogP contribution in [0.25, 0.3) is 0 Å². The highest BCUT2D eigenvalue weighted by Crippen LogP contribution is 2.20. The van der Waals surface area contributed by atoms with Gasteiger partial charge in [-0.15, -0.1) is 0 Å². The molecular formula is C18H16ClN5O. The summed E-state index contributed by atoms with van der Waals surface area (Å²) in [7, 11) is 0. The number of carbonyl (C=O) groups is 1. The molecule has 0 aliphatic carbocycles. The second-order valence-electron chi connectivity index (χ2n) is 5.48. The molecule has 0 unspecified atom stereocenters. The van der Waals surface area contributed by atoms with Crippen molar-refractivity contribution in [1.29, 1.82) is 0 Å². The summed E-state index contributed by atoms with van der Waals surface area (Å²) in [6.07, 6.45) is 1.56. The van der Waals surface area contributed by atoms with Crippen molar-refractivity contribution in [2.75, 3.05) is 10.6 Å². The van der Waals surface area contributed by atoms with Gasteiger partial charge in [0.05, 0.1) is 5.69 Å². The summed E-state index contributed by atoms with van der Waals surface area (Å²) in [4.78, 5) is 25.0. The normalized spacial score (nSPS) is 10.4. The Morgan fingerprint density at radius 1 is 1.04 bits per heavy atom. The molecule has 0 bridgehead atoms. The first kappa shape index (κ1) is 16.9. The molecule has 25 heavy (non-hydrogen) atoms. The van der Waals surface area contributed by atoms with Crippen molar-refractivity contribution in [2.45, 2.75) is 13.8 Å². The Labute approximate surface area is 150 Å². The zero-order valence-corrected chi connectivity index (χ0v) is 14.5. The second-order valence-corrected chi connectivity index (χ2v) is 5.83. The van der Waals surface area contributed by atoms with E-state index in [-0.39, 0.29) is 11.1 Å². The van der Waals surface area contributed by atoms with Gasteiger partial charge >= 0.3 is 0 Å². The molecule has 1 amide bonds. The first-order valence-electron chi connectivity index (χ1n) is 7.62. The average molecular weight is 354 g/mol. The van der Waals surface area contributed by atoms with E-state index in [1.165, 1.54) is 0 Å². The van der Waals surface area contributed by atoms with E-state index in [1.807, 2.05) is 26.0 Å². The van der Waals surface area contributed by atoms with Crippen LogP contribution in [0.2, 0.25) is 5.15 Å². The number of aryl methyl sites for hydroxylation is 2. The highest BCUT2D eigenvalue weighted by Gasteiger charge is 2.10. The maximum atomic E-state index is 12.4. The Hall–Kier alpha value is -2.99. The van der Waals surface area contributed by atoms with Crippen molar-refractivity contribution in [3.05, 3.63) is 70.8 Å². The quantitative estimate of drug-likeness (QED) is 0.689. The lowest BCUT2D eigenvalue weighted by Gasteiger charge is -2.09. The van der Waals surface area contributed by atoms with Crippen LogP contribution in [0, 0.1) is 13.8 Å². The maximum absolute atomic E-state index is 12.4. The van der Waals surface area contributed by atoms with Gasteiger partial charge in [0.1, 0.15) is 0 Å². The molecule has 0 atom stereocenters. The number of aromatic nitrogens is 3. The molecule has 0 aliphatic rings. The van der Waals surface area contributed by atoms with Crippen molar-refractivity contribution in [3.8, 4) is 0 Å². The average Bonchev–Trinajstić information content (AvgIpc) is 2.56. The van der Waals surface area contributed by atoms with E-state index in [4.69, 9.17) is 11.6 Å². The Kier molecular flexibility index (Phi) is 4.90. The summed E-state index contributed by atoms with van der Waals surface area (Å²) in [6, 6.07) is 12.4. The second kappa shape index (κ2) is 7.27. The number of anilines is 3. The van der Waals surface area contributed by atoms with Crippen LogP contribution >= 0.6 is 11.6 Å². The number of nitrogens with zero attached hydrogens (tertiary/aromatic N) is 3. The Morgan fingerprint density at radius 3 is 2.52 bits per heavy atom. The molecule has 3 rings (SSSR count). The van der Waals surface area contributed by atoms with Gasteiger partial charge < -0.3 is 10.6 Å². The number of halogens is 1. The molecule has 2 N–H and O–H groups in total. The minimum atomic E-state index is -0.278. The van der Waals surface area contributed by atoms with E-state index in [2.05, 4.69) is 25.6 Å². The van der Waals surface area contributed by atoms with Crippen LogP contribution in [0.5, 0.6) is 0 Å². The summed E-state index contributed by atoms with van der Waals surface area (Å²) in [6.45, 7) is 3.81. The third kappa shape index (κ3) is 4.30. The van der Waals surface area contributed by atoms with E-state index in [1.54, 1.807) is 36.5 Å². The van der Waals surface area contributed by atoms with Gasteiger partial charge in [0.2, 0.25) is 5.95 Å².